The molecular formula is C20H22N4O2. The molecule has 3 N–H and O–H groups in total. The summed E-state index contributed by atoms with van der Waals surface area (Å²) < 4.78 is 5.28. The molecule has 2 aromatic heterocycles. The minimum absolute atomic E-state index is 0.00568. The van der Waals surface area contributed by atoms with E-state index in [0.29, 0.717) is 0 Å². The summed E-state index contributed by atoms with van der Waals surface area (Å²) in [5.74, 6) is 1.59. The van der Waals surface area contributed by atoms with E-state index in [-0.39, 0.29) is 11.8 Å². The van der Waals surface area contributed by atoms with Crippen molar-refractivity contribution in [2.24, 2.45) is 11.7 Å². The van der Waals surface area contributed by atoms with Crippen LogP contribution in [0.5, 0.6) is 5.75 Å². The van der Waals surface area contributed by atoms with Crippen molar-refractivity contribution in [2.45, 2.75) is 12.8 Å². The van der Waals surface area contributed by atoms with Crippen molar-refractivity contribution in [2.75, 3.05) is 25.1 Å². The molecule has 1 amide bonds. The first-order chi connectivity index (χ1) is 12.6. The van der Waals surface area contributed by atoms with E-state index in [9.17, 15) is 4.79 Å². The first kappa shape index (κ1) is 16.4. The smallest absolute Gasteiger partial charge is 0.220 e. The van der Waals surface area contributed by atoms with Crippen LogP contribution in [0.1, 0.15) is 12.8 Å². The van der Waals surface area contributed by atoms with Crippen molar-refractivity contribution >= 4 is 22.6 Å². The van der Waals surface area contributed by atoms with Crippen LogP contribution in [-0.2, 0) is 4.79 Å². The lowest BCUT2D eigenvalue weighted by molar-refractivity contribution is -0.122. The Morgan fingerprint density at radius 2 is 2.04 bits per heavy atom. The number of carbonyl (C=O) groups excluding carboxylic acids is 1. The molecule has 0 saturated carbocycles. The molecule has 0 aliphatic carbocycles. The summed E-state index contributed by atoms with van der Waals surface area (Å²) in [5.41, 5.74) is 8.53. The second-order valence-corrected chi connectivity index (χ2v) is 6.70. The molecule has 6 nitrogen and oxygen atoms in total. The van der Waals surface area contributed by atoms with E-state index in [4.69, 9.17) is 10.5 Å². The molecule has 0 unspecified atom stereocenters. The van der Waals surface area contributed by atoms with E-state index in [0.717, 1.165) is 59.7 Å². The minimum atomic E-state index is -0.191. The van der Waals surface area contributed by atoms with Gasteiger partial charge in [0.1, 0.15) is 11.6 Å². The summed E-state index contributed by atoms with van der Waals surface area (Å²) in [4.78, 5) is 21.5. The van der Waals surface area contributed by atoms with Crippen LogP contribution in [0.2, 0.25) is 0 Å². The number of nitrogens with two attached hydrogens (primary N) is 1. The number of amides is 1. The predicted molar refractivity (Wildman–Crippen MR) is 102 cm³/mol. The zero-order valence-electron chi connectivity index (χ0n) is 14.7. The van der Waals surface area contributed by atoms with Gasteiger partial charge in [-0.05, 0) is 49.2 Å². The number of nitrogens with one attached hydrogen (secondary N) is 1. The number of methoxy groups -OCH3 is 1. The van der Waals surface area contributed by atoms with Crippen molar-refractivity contribution in [3.05, 3.63) is 42.6 Å². The summed E-state index contributed by atoms with van der Waals surface area (Å²) >= 11 is 0. The highest BCUT2D eigenvalue weighted by atomic mass is 16.5. The largest absolute Gasteiger partial charge is 0.497 e. The minimum Gasteiger partial charge on any atom is -0.497 e. The standard InChI is InChI=1S/C20H22N4O2/c1-26-16-3-4-17-15(10-16)11-18(23-17)14-2-5-19(22-12-14)24-8-6-13(7-9-24)20(21)25/h2-5,10-13,23H,6-9H2,1H3,(H2,21,25). The summed E-state index contributed by atoms with van der Waals surface area (Å²) in [7, 11) is 1.67. The number of anilines is 1. The van der Waals surface area contributed by atoms with Gasteiger partial charge in [0.05, 0.1) is 7.11 Å². The van der Waals surface area contributed by atoms with E-state index >= 15 is 0 Å². The molecule has 134 valence electrons. The van der Waals surface area contributed by atoms with Crippen LogP contribution in [-0.4, -0.2) is 36.1 Å². The molecule has 4 rings (SSSR count). The van der Waals surface area contributed by atoms with Gasteiger partial charge >= 0.3 is 0 Å². The van der Waals surface area contributed by atoms with Gasteiger partial charge in [-0.2, -0.15) is 0 Å². The highest BCUT2D eigenvalue weighted by Gasteiger charge is 2.23. The van der Waals surface area contributed by atoms with Crippen LogP contribution in [0.3, 0.4) is 0 Å². The second-order valence-electron chi connectivity index (χ2n) is 6.70. The van der Waals surface area contributed by atoms with Gasteiger partial charge in [-0.25, -0.2) is 4.98 Å². The topological polar surface area (TPSA) is 84.2 Å². The Kier molecular flexibility index (Phi) is 4.24. The van der Waals surface area contributed by atoms with Crippen molar-refractivity contribution in [3.8, 4) is 17.0 Å². The fourth-order valence-electron chi connectivity index (χ4n) is 3.52. The number of piperidine rings is 1. The van der Waals surface area contributed by atoms with Crippen LogP contribution >= 0.6 is 0 Å². The number of aromatic nitrogens is 2. The number of rotatable bonds is 4. The summed E-state index contributed by atoms with van der Waals surface area (Å²) in [6, 6.07) is 12.2. The maximum absolute atomic E-state index is 11.3. The number of benzene rings is 1. The molecular weight excluding hydrogens is 328 g/mol. The summed E-state index contributed by atoms with van der Waals surface area (Å²) in [5, 5.41) is 1.11. The molecule has 3 heterocycles. The van der Waals surface area contributed by atoms with E-state index < -0.39 is 0 Å². The quantitative estimate of drug-likeness (QED) is 0.758. The Labute approximate surface area is 152 Å². The van der Waals surface area contributed by atoms with Crippen LogP contribution in [0, 0.1) is 5.92 Å². The number of hydrogen-bond donors (Lipinski definition) is 2. The van der Waals surface area contributed by atoms with Gasteiger partial charge in [-0.1, -0.05) is 0 Å². The highest BCUT2D eigenvalue weighted by molar-refractivity contribution is 5.87. The number of carbonyl (C=O) groups is 1. The highest BCUT2D eigenvalue weighted by Crippen LogP contribution is 2.28. The van der Waals surface area contributed by atoms with Crippen LogP contribution in [0.25, 0.3) is 22.2 Å². The van der Waals surface area contributed by atoms with Gasteiger partial charge in [-0.15, -0.1) is 0 Å². The normalized spacial score (nSPS) is 15.3. The molecule has 0 bridgehead atoms. The number of aromatic amines is 1. The van der Waals surface area contributed by atoms with Gasteiger partial charge in [0.15, 0.2) is 0 Å². The molecule has 0 atom stereocenters. The Balaban J connectivity index is 1.52. The molecule has 1 aliphatic rings. The fourth-order valence-corrected chi connectivity index (χ4v) is 3.52. The number of fused-ring (bicyclic) bond motifs is 1. The van der Waals surface area contributed by atoms with Crippen molar-refractivity contribution in [1.82, 2.24) is 9.97 Å². The molecule has 1 saturated heterocycles. The number of ether oxygens (including phenoxy) is 1. The third-order valence-electron chi connectivity index (χ3n) is 5.11. The van der Waals surface area contributed by atoms with Gasteiger partial charge in [0.25, 0.3) is 0 Å². The Morgan fingerprint density at radius 3 is 2.69 bits per heavy atom. The number of H-pyrrole nitrogens is 1. The molecule has 1 fully saturated rings. The fraction of sp³-hybridized carbons (Fsp3) is 0.300. The van der Waals surface area contributed by atoms with E-state index in [2.05, 4.69) is 27.0 Å². The second kappa shape index (κ2) is 6.71. The van der Waals surface area contributed by atoms with E-state index in [1.54, 1.807) is 7.11 Å². The third kappa shape index (κ3) is 3.10. The Hall–Kier alpha value is -3.02. The SMILES string of the molecule is COc1ccc2[nH]c(-c3ccc(N4CCC(C(N)=O)CC4)nc3)cc2c1. The summed E-state index contributed by atoms with van der Waals surface area (Å²) in [6.07, 6.45) is 3.47. The molecule has 6 heteroatoms. The molecule has 26 heavy (non-hydrogen) atoms. The number of nitrogens with zero attached hydrogens (tertiary/aromatic N) is 2. The number of pyridine rings is 1. The molecule has 1 aromatic carbocycles. The predicted octanol–water partition coefficient (Wildman–Crippen LogP) is 2.94. The van der Waals surface area contributed by atoms with Gasteiger partial charge < -0.3 is 20.4 Å². The monoisotopic (exact) mass is 350 g/mol. The summed E-state index contributed by atoms with van der Waals surface area (Å²) in [6.45, 7) is 1.62. The zero-order valence-corrected chi connectivity index (χ0v) is 14.7. The first-order valence-electron chi connectivity index (χ1n) is 8.81. The van der Waals surface area contributed by atoms with Crippen molar-refractivity contribution in [3.63, 3.8) is 0 Å². The van der Waals surface area contributed by atoms with Crippen LogP contribution < -0.4 is 15.4 Å². The van der Waals surface area contributed by atoms with Crippen molar-refractivity contribution in [1.29, 1.82) is 0 Å². The lowest BCUT2D eigenvalue weighted by atomic mass is 9.96. The maximum Gasteiger partial charge on any atom is 0.220 e. The molecule has 3 aromatic rings. The van der Waals surface area contributed by atoms with Crippen molar-refractivity contribution < 1.29 is 9.53 Å². The molecule has 0 radical (unpaired) electrons. The number of primary amides is 1. The Morgan fingerprint density at radius 1 is 1.23 bits per heavy atom. The Bertz CT molecular complexity index is 925. The van der Waals surface area contributed by atoms with Gasteiger partial charge in [0, 0.05) is 47.4 Å². The maximum atomic E-state index is 11.3. The number of hydrogen-bond acceptors (Lipinski definition) is 4. The first-order valence-corrected chi connectivity index (χ1v) is 8.81. The van der Waals surface area contributed by atoms with E-state index in [1.165, 1.54) is 0 Å². The van der Waals surface area contributed by atoms with Gasteiger partial charge in [0.2, 0.25) is 5.91 Å². The average Bonchev–Trinajstić information content (AvgIpc) is 3.11. The van der Waals surface area contributed by atoms with Gasteiger partial charge in [-0.3, -0.25) is 4.79 Å². The third-order valence-corrected chi connectivity index (χ3v) is 5.11. The van der Waals surface area contributed by atoms with E-state index in [1.807, 2.05) is 30.5 Å². The zero-order chi connectivity index (χ0) is 18.1. The molecule has 0 spiro atoms. The molecule has 1 aliphatic heterocycles. The average molecular weight is 350 g/mol. The lowest BCUT2D eigenvalue weighted by Gasteiger charge is -2.31. The lowest BCUT2D eigenvalue weighted by Crippen LogP contribution is -2.38. The van der Waals surface area contributed by atoms with Crippen LogP contribution in [0.4, 0.5) is 5.82 Å². The van der Waals surface area contributed by atoms with Crippen LogP contribution in [0.15, 0.2) is 42.6 Å².